The molecule has 0 saturated heterocycles. The largest absolute Gasteiger partial charge is 0.459 e. The van der Waals surface area contributed by atoms with E-state index in [1.165, 1.54) is 12.1 Å². The maximum atomic E-state index is 13.9. The predicted molar refractivity (Wildman–Crippen MR) is 78.1 cm³/mol. The molecule has 0 aliphatic rings. The quantitative estimate of drug-likeness (QED) is 0.760. The second kappa shape index (κ2) is 4.97. The number of rotatable bonds is 2. The zero-order chi connectivity index (χ0) is 15.1. The van der Waals surface area contributed by atoms with Crippen molar-refractivity contribution in [3.63, 3.8) is 0 Å². The van der Waals surface area contributed by atoms with Crippen LogP contribution in [0.3, 0.4) is 0 Å². The van der Waals surface area contributed by atoms with Crippen LogP contribution in [0, 0.1) is 25.5 Å². The summed E-state index contributed by atoms with van der Waals surface area (Å²) >= 11 is 0. The number of nitrogens with two attached hydrogens (primary N) is 1. The second-order valence-electron chi connectivity index (χ2n) is 5.21. The number of fused-ring (bicyclic) bond motifs is 1. The summed E-state index contributed by atoms with van der Waals surface area (Å²) in [5.74, 6) is -1.38. The molecule has 3 aromatic rings. The summed E-state index contributed by atoms with van der Waals surface area (Å²) in [7, 11) is 0. The Morgan fingerprint density at radius 2 is 1.86 bits per heavy atom. The van der Waals surface area contributed by atoms with Crippen LogP contribution < -0.4 is 5.73 Å². The maximum Gasteiger partial charge on any atom is 0.164 e. The van der Waals surface area contributed by atoms with Crippen LogP contribution in [-0.4, -0.2) is 0 Å². The lowest BCUT2D eigenvalue weighted by Gasteiger charge is -2.11. The van der Waals surface area contributed by atoms with Crippen molar-refractivity contribution in [3.8, 4) is 0 Å². The van der Waals surface area contributed by atoms with Crippen LogP contribution in [0.1, 0.15) is 28.5 Å². The fourth-order valence-electron chi connectivity index (χ4n) is 2.55. The third-order valence-electron chi connectivity index (χ3n) is 3.73. The molecule has 1 heterocycles. The molecule has 108 valence electrons. The van der Waals surface area contributed by atoms with Gasteiger partial charge in [0.25, 0.3) is 0 Å². The van der Waals surface area contributed by atoms with Gasteiger partial charge in [-0.05, 0) is 32.0 Å². The molecule has 0 bridgehead atoms. The first-order valence-corrected chi connectivity index (χ1v) is 6.68. The highest BCUT2D eigenvalue weighted by Gasteiger charge is 2.22. The van der Waals surface area contributed by atoms with Crippen molar-refractivity contribution in [1.82, 2.24) is 0 Å². The molecule has 0 fully saturated rings. The zero-order valence-corrected chi connectivity index (χ0v) is 11.8. The minimum absolute atomic E-state index is 0.0916. The van der Waals surface area contributed by atoms with Gasteiger partial charge in [0.05, 0.1) is 6.04 Å². The molecule has 4 heteroatoms. The molecule has 21 heavy (non-hydrogen) atoms. The number of furan rings is 1. The molecule has 2 nitrogen and oxygen atoms in total. The third kappa shape index (κ3) is 2.21. The number of hydrogen-bond donors (Lipinski definition) is 1. The summed E-state index contributed by atoms with van der Waals surface area (Å²) in [4.78, 5) is 0. The molecule has 0 saturated carbocycles. The minimum atomic E-state index is -0.930. The molecule has 2 N–H and O–H groups in total. The summed E-state index contributed by atoms with van der Waals surface area (Å²) < 4.78 is 33.0. The molecule has 0 spiro atoms. The van der Waals surface area contributed by atoms with Gasteiger partial charge < -0.3 is 10.2 Å². The zero-order valence-electron chi connectivity index (χ0n) is 11.8. The monoisotopic (exact) mass is 287 g/mol. The molecule has 0 amide bonds. The SMILES string of the molecule is Cc1ccc2oc(C(N)c3cccc(F)c3F)c(C)c2c1. The summed E-state index contributed by atoms with van der Waals surface area (Å²) in [6.07, 6.45) is 0. The van der Waals surface area contributed by atoms with E-state index in [-0.39, 0.29) is 5.56 Å². The van der Waals surface area contributed by atoms with E-state index in [1.54, 1.807) is 0 Å². The van der Waals surface area contributed by atoms with Gasteiger partial charge in [-0.25, -0.2) is 8.78 Å². The van der Waals surface area contributed by atoms with Crippen molar-refractivity contribution in [2.45, 2.75) is 19.9 Å². The Bertz CT molecular complexity index is 823. The number of halogens is 2. The topological polar surface area (TPSA) is 39.2 Å². The van der Waals surface area contributed by atoms with Crippen LogP contribution in [0.15, 0.2) is 40.8 Å². The maximum absolute atomic E-state index is 13.9. The Kier molecular flexibility index (Phi) is 3.26. The average Bonchev–Trinajstić information content (AvgIpc) is 2.78. The lowest BCUT2D eigenvalue weighted by molar-refractivity contribution is 0.474. The van der Waals surface area contributed by atoms with Crippen molar-refractivity contribution in [1.29, 1.82) is 0 Å². The van der Waals surface area contributed by atoms with Crippen molar-refractivity contribution >= 4 is 11.0 Å². The Hall–Kier alpha value is -2.20. The Balaban J connectivity index is 2.15. The van der Waals surface area contributed by atoms with Crippen LogP contribution in [0.2, 0.25) is 0 Å². The van der Waals surface area contributed by atoms with Crippen LogP contribution in [-0.2, 0) is 0 Å². The van der Waals surface area contributed by atoms with Crippen LogP contribution in [0.25, 0.3) is 11.0 Å². The predicted octanol–water partition coefficient (Wildman–Crippen LogP) is 4.38. The normalized spacial score (nSPS) is 12.8. The minimum Gasteiger partial charge on any atom is -0.459 e. The molecule has 1 aromatic heterocycles. The Morgan fingerprint density at radius 3 is 2.62 bits per heavy atom. The second-order valence-corrected chi connectivity index (χ2v) is 5.21. The Labute approximate surface area is 121 Å². The standard InChI is InChI=1S/C17H15F2NO/c1-9-6-7-14-12(8-9)10(2)17(21-14)16(20)11-4-3-5-13(18)15(11)19/h3-8,16H,20H2,1-2H3. The van der Waals surface area contributed by atoms with E-state index < -0.39 is 17.7 Å². The molecule has 0 radical (unpaired) electrons. The van der Waals surface area contributed by atoms with Gasteiger partial charge in [0.1, 0.15) is 11.3 Å². The molecule has 1 unspecified atom stereocenters. The highest BCUT2D eigenvalue weighted by Crippen LogP contribution is 2.33. The number of benzene rings is 2. The fourth-order valence-corrected chi connectivity index (χ4v) is 2.55. The molecule has 0 aliphatic carbocycles. The van der Waals surface area contributed by atoms with Crippen molar-refractivity contribution < 1.29 is 13.2 Å². The first-order chi connectivity index (χ1) is 9.99. The van der Waals surface area contributed by atoms with Crippen LogP contribution >= 0.6 is 0 Å². The van der Waals surface area contributed by atoms with Crippen molar-refractivity contribution in [3.05, 3.63) is 70.5 Å². The highest BCUT2D eigenvalue weighted by molar-refractivity contribution is 5.83. The van der Waals surface area contributed by atoms with Gasteiger partial charge in [-0.2, -0.15) is 0 Å². The van der Waals surface area contributed by atoms with Crippen LogP contribution in [0.4, 0.5) is 8.78 Å². The summed E-state index contributed by atoms with van der Waals surface area (Å²) in [6, 6.07) is 8.93. The van der Waals surface area contributed by atoms with E-state index in [0.717, 1.165) is 22.6 Å². The van der Waals surface area contributed by atoms with Gasteiger partial charge >= 0.3 is 0 Å². The van der Waals surface area contributed by atoms with Gasteiger partial charge in [-0.1, -0.05) is 23.8 Å². The van der Waals surface area contributed by atoms with Crippen LogP contribution in [0.5, 0.6) is 0 Å². The fraction of sp³-hybridized carbons (Fsp3) is 0.176. The smallest absolute Gasteiger partial charge is 0.164 e. The summed E-state index contributed by atoms with van der Waals surface area (Å²) in [6.45, 7) is 3.86. The third-order valence-corrected chi connectivity index (χ3v) is 3.73. The molecule has 1 atom stereocenters. The van der Waals surface area contributed by atoms with E-state index in [1.807, 2.05) is 32.0 Å². The molecular formula is C17H15F2NO. The average molecular weight is 287 g/mol. The molecule has 0 aliphatic heterocycles. The van der Waals surface area contributed by atoms with Crippen molar-refractivity contribution in [2.75, 3.05) is 0 Å². The first-order valence-electron chi connectivity index (χ1n) is 6.68. The number of aryl methyl sites for hydroxylation is 2. The van der Waals surface area contributed by atoms with E-state index in [4.69, 9.17) is 10.2 Å². The Morgan fingerprint density at radius 1 is 1.10 bits per heavy atom. The van der Waals surface area contributed by atoms with E-state index in [2.05, 4.69) is 0 Å². The van der Waals surface area contributed by atoms with E-state index in [9.17, 15) is 8.78 Å². The summed E-state index contributed by atoms with van der Waals surface area (Å²) in [5.41, 5.74) is 8.83. The van der Waals surface area contributed by atoms with Gasteiger partial charge in [-0.15, -0.1) is 0 Å². The van der Waals surface area contributed by atoms with Gasteiger partial charge in [0.15, 0.2) is 11.6 Å². The lowest BCUT2D eigenvalue weighted by atomic mass is 10.0. The highest BCUT2D eigenvalue weighted by atomic mass is 19.2. The lowest BCUT2D eigenvalue weighted by Crippen LogP contribution is -2.14. The van der Waals surface area contributed by atoms with Gasteiger partial charge in [0, 0.05) is 16.5 Å². The molecular weight excluding hydrogens is 272 g/mol. The molecule has 2 aromatic carbocycles. The number of hydrogen-bond acceptors (Lipinski definition) is 2. The van der Waals surface area contributed by atoms with Crippen molar-refractivity contribution in [2.24, 2.45) is 5.73 Å². The van der Waals surface area contributed by atoms with Gasteiger partial charge in [0.2, 0.25) is 0 Å². The van der Waals surface area contributed by atoms with Gasteiger partial charge in [-0.3, -0.25) is 0 Å². The summed E-state index contributed by atoms with van der Waals surface area (Å²) in [5, 5.41) is 0.942. The van der Waals surface area contributed by atoms with E-state index in [0.29, 0.717) is 11.3 Å². The first kappa shape index (κ1) is 13.8. The van der Waals surface area contributed by atoms with E-state index >= 15 is 0 Å². The molecule has 3 rings (SSSR count).